The van der Waals surface area contributed by atoms with Gasteiger partial charge in [-0.25, -0.2) is 4.79 Å². The number of ether oxygens (including phenoxy) is 2. The normalized spacial score (nSPS) is 11.4. The molecule has 18 heavy (non-hydrogen) atoms. The van der Waals surface area contributed by atoms with E-state index >= 15 is 0 Å². The van der Waals surface area contributed by atoms with Crippen molar-refractivity contribution in [3.05, 3.63) is 35.9 Å². The van der Waals surface area contributed by atoms with Gasteiger partial charge in [0.1, 0.15) is 6.10 Å². The Hall–Kier alpha value is -2.04. The van der Waals surface area contributed by atoms with E-state index < -0.39 is 18.2 Å². The van der Waals surface area contributed by atoms with E-state index in [4.69, 9.17) is 9.47 Å². The number of rotatable bonds is 5. The zero-order valence-corrected chi connectivity index (χ0v) is 10.5. The summed E-state index contributed by atoms with van der Waals surface area (Å²) < 4.78 is 9.90. The second kappa shape index (κ2) is 7.32. The van der Waals surface area contributed by atoms with Gasteiger partial charge in [-0.1, -0.05) is 30.3 Å². The molecule has 0 aromatic heterocycles. The van der Waals surface area contributed by atoms with Gasteiger partial charge < -0.3 is 14.8 Å². The van der Waals surface area contributed by atoms with E-state index in [1.165, 1.54) is 6.92 Å². The topological polar surface area (TPSA) is 64.6 Å². The molecular weight excluding hydrogens is 234 g/mol. The lowest BCUT2D eigenvalue weighted by molar-refractivity contribution is -0.146. The van der Waals surface area contributed by atoms with Crippen LogP contribution in [0, 0.1) is 0 Å². The van der Waals surface area contributed by atoms with Crippen molar-refractivity contribution in [2.45, 2.75) is 20.0 Å². The molecule has 1 aromatic carbocycles. The Morgan fingerprint density at radius 2 is 1.94 bits per heavy atom. The highest BCUT2D eigenvalue weighted by Crippen LogP contribution is 2.16. The first kappa shape index (κ1) is 14.0. The van der Waals surface area contributed by atoms with Crippen LogP contribution in [-0.4, -0.2) is 25.2 Å². The third-order valence-corrected chi connectivity index (χ3v) is 2.19. The first-order valence-electron chi connectivity index (χ1n) is 5.76. The summed E-state index contributed by atoms with van der Waals surface area (Å²) in [6.45, 7) is 3.54. The Labute approximate surface area is 106 Å². The first-order valence-corrected chi connectivity index (χ1v) is 5.76. The molecule has 0 heterocycles. The van der Waals surface area contributed by atoms with Gasteiger partial charge in [-0.15, -0.1) is 0 Å². The third-order valence-electron chi connectivity index (χ3n) is 2.19. The molecule has 0 spiro atoms. The molecule has 1 aromatic rings. The van der Waals surface area contributed by atoms with Gasteiger partial charge in [-0.05, 0) is 12.5 Å². The highest BCUT2D eigenvalue weighted by atomic mass is 16.6. The monoisotopic (exact) mass is 251 g/mol. The van der Waals surface area contributed by atoms with Crippen LogP contribution < -0.4 is 5.32 Å². The molecule has 0 aliphatic rings. The van der Waals surface area contributed by atoms with Gasteiger partial charge in [-0.3, -0.25) is 4.79 Å². The predicted molar refractivity (Wildman–Crippen MR) is 66.0 cm³/mol. The van der Waals surface area contributed by atoms with Crippen molar-refractivity contribution >= 4 is 12.1 Å². The zero-order chi connectivity index (χ0) is 13.4. The fourth-order valence-electron chi connectivity index (χ4n) is 1.45. The van der Waals surface area contributed by atoms with Crippen molar-refractivity contribution in [2.24, 2.45) is 0 Å². The highest BCUT2D eigenvalue weighted by Gasteiger charge is 2.15. The number of hydrogen-bond acceptors (Lipinski definition) is 4. The number of esters is 1. The van der Waals surface area contributed by atoms with Crippen molar-refractivity contribution in [1.29, 1.82) is 0 Å². The molecular formula is C13H17NO4. The third kappa shape index (κ3) is 4.86. The lowest BCUT2D eigenvalue weighted by Crippen LogP contribution is -2.30. The van der Waals surface area contributed by atoms with E-state index in [-0.39, 0.29) is 6.54 Å². The van der Waals surface area contributed by atoms with Gasteiger partial charge in [0.15, 0.2) is 0 Å². The minimum atomic E-state index is -0.523. The lowest BCUT2D eigenvalue weighted by atomic mass is 10.1. The maximum Gasteiger partial charge on any atom is 0.407 e. The number of benzene rings is 1. The first-order chi connectivity index (χ1) is 8.63. The Morgan fingerprint density at radius 1 is 1.28 bits per heavy atom. The largest absolute Gasteiger partial charge is 0.456 e. The summed E-state index contributed by atoms with van der Waals surface area (Å²) in [5, 5.41) is 2.55. The SMILES string of the molecule is CCOC(=O)NC[C@@H](OC(C)=O)c1ccccc1. The predicted octanol–water partition coefficient (Wildman–Crippen LogP) is 2.04. The molecule has 0 saturated carbocycles. The van der Waals surface area contributed by atoms with Gasteiger partial charge in [0.05, 0.1) is 13.2 Å². The van der Waals surface area contributed by atoms with E-state index in [0.717, 1.165) is 5.56 Å². The van der Waals surface area contributed by atoms with Crippen LogP contribution in [0.4, 0.5) is 4.79 Å². The highest BCUT2D eigenvalue weighted by molar-refractivity contribution is 5.68. The van der Waals surface area contributed by atoms with Crippen molar-refractivity contribution in [3.8, 4) is 0 Å². The molecule has 1 amide bonds. The van der Waals surface area contributed by atoms with Crippen LogP contribution in [0.3, 0.4) is 0 Å². The van der Waals surface area contributed by atoms with Crippen LogP contribution in [0.25, 0.3) is 0 Å². The fraction of sp³-hybridized carbons (Fsp3) is 0.385. The number of alkyl carbamates (subject to hydrolysis) is 1. The molecule has 5 heteroatoms. The molecule has 0 unspecified atom stereocenters. The number of hydrogen-bond donors (Lipinski definition) is 1. The smallest absolute Gasteiger partial charge is 0.407 e. The second-order valence-corrected chi connectivity index (χ2v) is 3.61. The summed E-state index contributed by atoms with van der Waals surface area (Å²) in [5.41, 5.74) is 0.824. The molecule has 1 rings (SSSR count). The standard InChI is InChI=1S/C13H17NO4/c1-3-17-13(16)14-9-12(18-10(2)15)11-7-5-4-6-8-11/h4-8,12H,3,9H2,1-2H3,(H,14,16)/t12-/m1/s1. The van der Waals surface area contributed by atoms with Gasteiger partial charge in [0.25, 0.3) is 0 Å². The minimum Gasteiger partial charge on any atom is -0.456 e. The molecule has 0 fully saturated rings. The van der Waals surface area contributed by atoms with Crippen LogP contribution in [0.1, 0.15) is 25.5 Å². The van der Waals surface area contributed by atoms with Gasteiger partial charge in [0.2, 0.25) is 0 Å². The van der Waals surface area contributed by atoms with Crippen LogP contribution >= 0.6 is 0 Å². The Morgan fingerprint density at radius 3 is 2.50 bits per heavy atom. The molecule has 0 radical (unpaired) electrons. The van der Waals surface area contributed by atoms with E-state index in [1.807, 2.05) is 30.3 Å². The average molecular weight is 251 g/mol. The molecule has 0 bridgehead atoms. The average Bonchev–Trinajstić information content (AvgIpc) is 2.35. The molecule has 98 valence electrons. The van der Waals surface area contributed by atoms with Crippen molar-refractivity contribution in [1.82, 2.24) is 5.32 Å². The van der Waals surface area contributed by atoms with Crippen molar-refractivity contribution < 1.29 is 19.1 Å². The quantitative estimate of drug-likeness (QED) is 0.813. The van der Waals surface area contributed by atoms with Crippen LogP contribution in [0.5, 0.6) is 0 Å². The summed E-state index contributed by atoms with van der Waals surface area (Å²) in [4.78, 5) is 22.2. The van der Waals surface area contributed by atoms with E-state index in [9.17, 15) is 9.59 Å². The summed E-state index contributed by atoms with van der Waals surface area (Å²) >= 11 is 0. The van der Waals surface area contributed by atoms with E-state index in [2.05, 4.69) is 5.32 Å². The Bertz CT molecular complexity index is 391. The second-order valence-electron chi connectivity index (χ2n) is 3.61. The number of carbonyl (C=O) groups is 2. The summed E-state index contributed by atoms with van der Waals surface area (Å²) in [5.74, 6) is -0.394. The van der Waals surface area contributed by atoms with Crippen molar-refractivity contribution in [3.63, 3.8) is 0 Å². The minimum absolute atomic E-state index is 0.183. The van der Waals surface area contributed by atoms with Gasteiger partial charge >= 0.3 is 12.1 Å². The Balaban J connectivity index is 2.62. The maximum atomic E-state index is 11.2. The summed E-state index contributed by atoms with van der Waals surface area (Å²) in [7, 11) is 0. The summed E-state index contributed by atoms with van der Waals surface area (Å²) in [6.07, 6.45) is -1.03. The van der Waals surface area contributed by atoms with Crippen LogP contribution in [0.2, 0.25) is 0 Å². The summed E-state index contributed by atoms with van der Waals surface area (Å²) in [6, 6.07) is 9.22. The van der Waals surface area contributed by atoms with E-state index in [1.54, 1.807) is 6.92 Å². The molecule has 0 aliphatic heterocycles. The lowest BCUT2D eigenvalue weighted by Gasteiger charge is -2.17. The maximum absolute atomic E-state index is 11.2. The number of carbonyl (C=O) groups excluding carboxylic acids is 2. The molecule has 1 atom stereocenters. The van der Waals surface area contributed by atoms with Gasteiger partial charge in [0, 0.05) is 6.92 Å². The molecule has 0 saturated heterocycles. The molecule has 0 aliphatic carbocycles. The van der Waals surface area contributed by atoms with E-state index in [0.29, 0.717) is 6.61 Å². The van der Waals surface area contributed by atoms with Gasteiger partial charge in [-0.2, -0.15) is 0 Å². The van der Waals surface area contributed by atoms with Crippen molar-refractivity contribution in [2.75, 3.05) is 13.2 Å². The zero-order valence-electron chi connectivity index (χ0n) is 10.5. The fourth-order valence-corrected chi connectivity index (χ4v) is 1.45. The van der Waals surface area contributed by atoms with Crippen LogP contribution in [-0.2, 0) is 14.3 Å². The molecule has 5 nitrogen and oxygen atoms in total. The number of amides is 1. The van der Waals surface area contributed by atoms with Crippen LogP contribution in [0.15, 0.2) is 30.3 Å². The number of nitrogens with one attached hydrogen (secondary N) is 1. The Kier molecular flexibility index (Phi) is 5.70. The molecule has 1 N–H and O–H groups in total.